The fraction of sp³-hybridized carbons (Fsp3) is 0.591. The van der Waals surface area contributed by atoms with E-state index in [1.165, 1.54) is 53.8 Å². The standard InChI is InChI=1S/C30H37N3O10S2.C8H16O4.C6H10O2/c1-19(2)13-33(45(37,38)24-9-10-26-27(12-24)42-18-41-26)14-28(43-29(34)16-39-4)25(32-30(35)36)11-21-5-7-23(8-6-21)40-15-22-17-44-20(3)31-22;1-2-10-5-6-12-8-7-11-4-3-9;1-3-7-6-5(1)2-4-8-6/h5-10,12,17,19,25,28,32H,11,13-16,18H2,1-4H3,(H,35,36);3H,2,4-8H2,1H3;5-6H,1-4H2/t25-,28?;;/m0../s1. The maximum Gasteiger partial charge on any atom is 0.405 e. The van der Waals surface area contributed by atoms with Gasteiger partial charge in [-0.25, -0.2) is 23.0 Å². The summed E-state index contributed by atoms with van der Waals surface area (Å²) in [5.74, 6) is 1.16. The Hall–Kier alpha value is -4.45. The van der Waals surface area contributed by atoms with Gasteiger partial charge in [0.2, 0.25) is 16.8 Å². The number of aromatic nitrogens is 1. The van der Waals surface area contributed by atoms with E-state index in [2.05, 4.69) is 10.3 Å². The summed E-state index contributed by atoms with van der Waals surface area (Å²) in [5, 5.41) is 15.0. The number of esters is 1. The molecule has 0 bridgehead atoms. The Balaban J connectivity index is 0.000000376. The summed E-state index contributed by atoms with van der Waals surface area (Å²) in [6.45, 7) is 12.0. The van der Waals surface area contributed by atoms with E-state index in [0.717, 1.165) is 36.1 Å². The quantitative estimate of drug-likeness (QED) is 0.0656. The number of ether oxygens (including phenoxy) is 10. The fourth-order valence-electron chi connectivity index (χ4n) is 6.70. The Bertz CT molecular complexity index is 1960. The monoisotopic (exact) mass is 953 g/mol. The lowest BCUT2D eigenvalue weighted by molar-refractivity contribution is -0.155. The zero-order chi connectivity index (χ0) is 47.0. The van der Waals surface area contributed by atoms with E-state index >= 15 is 0 Å². The van der Waals surface area contributed by atoms with Gasteiger partial charge in [-0.05, 0) is 68.9 Å². The molecule has 2 fully saturated rings. The Morgan fingerprint density at radius 3 is 2.29 bits per heavy atom. The number of benzene rings is 2. The SMILES string of the molecule is C1CC2CCOC2O1.CCOCCOCCOCC=O.COCC(=O)OC(CN(CC(C)C)S(=O)(=O)c1ccc2c(c1)OCO2)[C@H](Cc1ccc(OCc2csc(C)n2)cc1)NC(=O)O. The summed E-state index contributed by atoms with van der Waals surface area (Å²) in [7, 11) is -2.83. The average molecular weight is 954 g/mol. The minimum Gasteiger partial charge on any atom is -0.487 e. The molecule has 1 aromatic heterocycles. The first-order chi connectivity index (χ1) is 31.3. The molecule has 0 saturated carbocycles. The van der Waals surface area contributed by atoms with Crippen molar-refractivity contribution in [2.24, 2.45) is 11.8 Å². The minimum atomic E-state index is -4.15. The number of amides is 1. The zero-order valence-electron chi connectivity index (χ0n) is 37.7. The second kappa shape index (κ2) is 28.6. The van der Waals surface area contributed by atoms with Crippen molar-refractivity contribution in [3.8, 4) is 17.2 Å². The predicted octanol–water partition coefficient (Wildman–Crippen LogP) is 4.87. The molecule has 0 aliphatic carbocycles. The van der Waals surface area contributed by atoms with Crippen molar-refractivity contribution < 1.29 is 75.3 Å². The van der Waals surface area contributed by atoms with Crippen molar-refractivity contribution in [3.63, 3.8) is 0 Å². The molecule has 1 unspecified atom stereocenters. The fourth-order valence-corrected chi connectivity index (χ4v) is 8.92. The van der Waals surface area contributed by atoms with Crippen LogP contribution in [-0.4, -0.2) is 146 Å². The van der Waals surface area contributed by atoms with Gasteiger partial charge in [0, 0.05) is 37.6 Å². The lowest BCUT2D eigenvalue weighted by atomic mass is 10.0. The van der Waals surface area contributed by atoms with Crippen LogP contribution in [0.4, 0.5) is 4.79 Å². The molecule has 3 aliphatic heterocycles. The Labute approximate surface area is 384 Å². The molecule has 6 rings (SSSR count). The highest BCUT2D eigenvalue weighted by molar-refractivity contribution is 7.89. The summed E-state index contributed by atoms with van der Waals surface area (Å²) in [6, 6.07) is 10.3. The topological polar surface area (TPSA) is 226 Å². The van der Waals surface area contributed by atoms with Gasteiger partial charge in [-0.2, -0.15) is 4.31 Å². The summed E-state index contributed by atoms with van der Waals surface area (Å²) in [6.07, 6.45) is 0.836. The highest BCUT2D eigenvalue weighted by Crippen LogP contribution is 2.35. The first-order valence-electron chi connectivity index (χ1n) is 21.4. The maximum atomic E-state index is 13.9. The number of nitrogens with zero attached hydrogens (tertiary/aromatic N) is 2. The van der Waals surface area contributed by atoms with Gasteiger partial charge in [0.15, 0.2) is 17.8 Å². The van der Waals surface area contributed by atoms with E-state index in [0.29, 0.717) is 62.5 Å². The molecule has 65 heavy (non-hydrogen) atoms. The molecule has 19 nitrogen and oxygen atoms in total. The van der Waals surface area contributed by atoms with Gasteiger partial charge in [0.25, 0.3) is 0 Å². The van der Waals surface area contributed by atoms with E-state index in [-0.39, 0.29) is 50.0 Å². The smallest absolute Gasteiger partial charge is 0.405 e. The van der Waals surface area contributed by atoms with Crippen molar-refractivity contribution in [2.45, 2.75) is 76.9 Å². The zero-order valence-corrected chi connectivity index (χ0v) is 39.3. The van der Waals surface area contributed by atoms with Crippen LogP contribution in [0.3, 0.4) is 0 Å². The van der Waals surface area contributed by atoms with Crippen molar-refractivity contribution in [3.05, 3.63) is 64.1 Å². The number of carboxylic acid groups (broad SMARTS) is 1. The Morgan fingerprint density at radius 2 is 1.68 bits per heavy atom. The highest BCUT2D eigenvalue weighted by Gasteiger charge is 2.36. The van der Waals surface area contributed by atoms with Gasteiger partial charge >= 0.3 is 12.1 Å². The molecule has 1 amide bonds. The third kappa shape index (κ3) is 18.8. The molecule has 2 atom stereocenters. The largest absolute Gasteiger partial charge is 0.487 e. The van der Waals surface area contributed by atoms with Crippen molar-refractivity contribution in [1.82, 2.24) is 14.6 Å². The number of aldehydes is 1. The van der Waals surface area contributed by atoms with Gasteiger partial charge in [0.05, 0.1) is 67.8 Å². The number of sulfonamides is 1. The van der Waals surface area contributed by atoms with Gasteiger partial charge in [-0.1, -0.05) is 26.0 Å². The number of rotatable bonds is 25. The number of fused-ring (bicyclic) bond motifs is 2. The maximum absolute atomic E-state index is 13.9. The molecule has 2 N–H and O–H groups in total. The van der Waals surface area contributed by atoms with Crippen LogP contribution in [0.25, 0.3) is 0 Å². The number of carbonyl (C=O) groups is 3. The second-order valence-corrected chi connectivity index (χ2v) is 18.2. The van der Waals surface area contributed by atoms with Crippen LogP contribution >= 0.6 is 11.3 Å². The Morgan fingerprint density at radius 1 is 0.985 bits per heavy atom. The number of hydrogen-bond acceptors (Lipinski definition) is 17. The number of hydrogen-bond donors (Lipinski definition) is 2. The normalized spacial score (nSPS) is 17.0. The van der Waals surface area contributed by atoms with E-state index < -0.39 is 40.8 Å². The highest BCUT2D eigenvalue weighted by atomic mass is 32.2. The third-order valence-corrected chi connectivity index (χ3v) is 12.4. The summed E-state index contributed by atoms with van der Waals surface area (Å²) in [5.41, 5.74) is 1.52. The van der Waals surface area contributed by atoms with Crippen molar-refractivity contribution in [1.29, 1.82) is 0 Å². The molecular formula is C44H63N3O16S2. The molecule has 362 valence electrons. The van der Waals surface area contributed by atoms with E-state index in [9.17, 15) is 27.9 Å². The molecule has 2 saturated heterocycles. The molecule has 4 heterocycles. The molecule has 2 aromatic carbocycles. The molecule has 21 heteroatoms. The first-order valence-corrected chi connectivity index (χ1v) is 23.7. The third-order valence-electron chi connectivity index (χ3n) is 9.73. The number of nitrogens with one attached hydrogen (secondary N) is 1. The van der Waals surface area contributed by atoms with Crippen molar-refractivity contribution in [2.75, 3.05) is 86.5 Å². The first kappa shape index (κ1) is 53.2. The van der Waals surface area contributed by atoms with E-state index in [1.807, 2.05) is 33.1 Å². The van der Waals surface area contributed by atoms with Crippen LogP contribution in [0.15, 0.2) is 52.7 Å². The lowest BCUT2D eigenvalue weighted by Crippen LogP contribution is -2.52. The molecule has 3 aromatic rings. The minimum absolute atomic E-state index is 0.0206. The Kier molecular flexibility index (Phi) is 23.4. The second-order valence-electron chi connectivity index (χ2n) is 15.2. The average Bonchev–Trinajstić information content (AvgIpc) is 4.11. The molecule has 0 radical (unpaired) electrons. The molecule has 3 aliphatic rings. The van der Waals surface area contributed by atoms with E-state index in [4.69, 9.17) is 47.4 Å². The number of methoxy groups -OCH3 is 1. The van der Waals surface area contributed by atoms with Crippen LogP contribution < -0.4 is 19.5 Å². The summed E-state index contributed by atoms with van der Waals surface area (Å²) in [4.78, 5) is 38.7. The predicted molar refractivity (Wildman–Crippen MR) is 237 cm³/mol. The van der Waals surface area contributed by atoms with E-state index in [1.54, 1.807) is 24.3 Å². The number of aryl methyl sites for hydroxylation is 1. The molecular weight excluding hydrogens is 891 g/mol. The summed E-state index contributed by atoms with van der Waals surface area (Å²) < 4.78 is 81.7. The van der Waals surface area contributed by atoms with Crippen LogP contribution in [0.5, 0.6) is 17.2 Å². The van der Waals surface area contributed by atoms with Crippen LogP contribution in [0.1, 0.15) is 49.9 Å². The van der Waals surface area contributed by atoms with Crippen LogP contribution in [0, 0.1) is 18.8 Å². The number of thiazole rings is 1. The number of carbonyl (C=O) groups excluding carboxylic acids is 2. The van der Waals surface area contributed by atoms with Gasteiger partial charge in [-0.15, -0.1) is 11.3 Å². The van der Waals surface area contributed by atoms with Crippen LogP contribution in [0.2, 0.25) is 0 Å². The van der Waals surface area contributed by atoms with Crippen molar-refractivity contribution >= 4 is 39.7 Å². The van der Waals surface area contributed by atoms with Gasteiger partial charge < -0.3 is 62.6 Å². The summed E-state index contributed by atoms with van der Waals surface area (Å²) >= 11 is 1.53. The van der Waals surface area contributed by atoms with Crippen LogP contribution in [-0.2, 0) is 65.8 Å². The lowest BCUT2D eigenvalue weighted by Gasteiger charge is -2.32. The van der Waals surface area contributed by atoms with Gasteiger partial charge in [-0.3, -0.25) is 0 Å². The van der Waals surface area contributed by atoms with Gasteiger partial charge in [0.1, 0.15) is 38.0 Å². The molecule has 0 spiro atoms.